The smallest absolute Gasteiger partial charge is 0.123 e. The molecule has 0 fully saturated rings. The van der Waals surface area contributed by atoms with Crippen LogP contribution in [-0.4, -0.2) is 34.3 Å². The molecule has 0 aliphatic carbocycles. The van der Waals surface area contributed by atoms with Gasteiger partial charge in [0.05, 0.1) is 11.4 Å². The van der Waals surface area contributed by atoms with Crippen LogP contribution in [0.1, 0.15) is 36.7 Å². The molecule has 2 heterocycles. The molecule has 1 aliphatic rings. The van der Waals surface area contributed by atoms with Gasteiger partial charge in [0.1, 0.15) is 5.82 Å². The first-order valence-corrected chi connectivity index (χ1v) is 10.2. The van der Waals surface area contributed by atoms with Gasteiger partial charge in [-0.15, -0.1) is 0 Å². The predicted octanol–water partition coefficient (Wildman–Crippen LogP) is 4.91. The molecule has 3 nitrogen and oxygen atoms in total. The Kier molecular flexibility index (Phi) is 5.58. The van der Waals surface area contributed by atoms with Gasteiger partial charge in [-0.2, -0.15) is 5.10 Å². The van der Waals surface area contributed by atoms with E-state index < -0.39 is 0 Å². The maximum atomic E-state index is 13.4. The quantitative estimate of drug-likeness (QED) is 0.630. The van der Waals surface area contributed by atoms with Gasteiger partial charge < -0.3 is 4.90 Å². The van der Waals surface area contributed by atoms with Gasteiger partial charge in [-0.1, -0.05) is 30.3 Å². The fourth-order valence-corrected chi connectivity index (χ4v) is 4.07. The fraction of sp³-hybridized carbons (Fsp3) is 0.375. The fourth-order valence-electron chi connectivity index (χ4n) is 4.07. The highest BCUT2D eigenvalue weighted by Gasteiger charge is 2.24. The molecule has 2 aromatic carbocycles. The average molecular weight is 378 g/mol. The van der Waals surface area contributed by atoms with Crippen LogP contribution in [0.5, 0.6) is 0 Å². The second-order valence-corrected chi connectivity index (χ2v) is 7.90. The van der Waals surface area contributed by atoms with Gasteiger partial charge in [0.2, 0.25) is 0 Å². The van der Waals surface area contributed by atoms with Gasteiger partial charge in [0, 0.05) is 43.2 Å². The van der Waals surface area contributed by atoms with Gasteiger partial charge in [0.25, 0.3) is 0 Å². The Morgan fingerprint density at radius 1 is 0.964 bits per heavy atom. The number of halogens is 1. The number of hydrogen-bond donors (Lipinski definition) is 0. The molecule has 0 saturated heterocycles. The monoisotopic (exact) mass is 377 g/mol. The van der Waals surface area contributed by atoms with Crippen molar-refractivity contribution in [3.05, 3.63) is 77.2 Å². The Bertz CT molecular complexity index is 913. The number of benzene rings is 2. The molecule has 0 spiro atoms. The van der Waals surface area contributed by atoms with Crippen molar-refractivity contribution in [3.8, 4) is 11.3 Å². The summed E-state index contributed by atoms with van der Waals surface area (Å²) in [5.74, 6) is -0.197. The second kappa shape index (κ2) is 8.27. The van der Waals surface area contributed by atoms with Crippen LogP contribution < -0.4 is 0 Å². The Morgan fingerprint density at radius 3 is 2.39 bits per heavy atom. The molecule has 1 aliphatic heterocycles. The molecule has 0 unspecified atom stereocenters. The van der Waals surface area contributed by atoms with E-state index in [2.05, 4.69) is 53.8 Å². The molecule has 146 valence electrons. The number of hydrogen-bond acceptors (Lipinski definition) is 2. The Balaban J connectivity index is 1.55. The normalized spacial score (nSPS) is 14.9. The van der Waals surface area contributed by atoms with Crippen molar-refractivity contribution in [1.29, 1.82) is 0 Å². The molecule has 0 atom stereocenters. The summed E-state index contributed by atoms with van der Waals surface area (Å²) in [7, 11) is 0. The maximum absolute atomic E-state index is 13.4. The predicted molar refractivity (Wildman–Crippen MR) is 112 cm³/mol. The molecule has 1 aromatic heterocycles. The molecule has 4 rings (SSSR count). The summed E-state index contributed by atoms with van der Waals surface area (Å²) in [4.78, 5) is 2.54. The molecule has 0 amide bonds. The van der Waals surface area contributed by atoms with E-state index in [0.717, 1.165) is 50.2 Å². The van der Waals surface area contributed by atoms with Crippen LogP contribution >= 0.6 is 0 Å². The van der Waals surface area contributed by atoms with Crippen LogP contribution in [0, 0.1) is 5.82 Å². The molecule has 4 heteroatoms. The molecular formula is C24H28FN3. The van der Waals surface area contributed by atoms with E-state index in [1.54, 1.807) is 12.1 Å². The van der Waals surface area contributed by atoms with Crippen molar-refractivity contribution in [3.63, 3.8) is 0 Å². The number of rotatable bonds is 5. The van der Waals surface area contributed by atoms with Crippen LogP contribution in [0.15, 0.2) is 54.6 Å². The van der Waals surface area contributed by atoms with E-state index in [-0.39, 0.29) is 11.9 Å². The Morgan fingerprint density at radius 2 is 1.68 bits per heavy atom. The summed E-state index contributed by atoms with van der Waals surface area (Å²) < 4.78 is 15.6. The molecular weight excluding hydrogens is 349 g/mol. The van der Waals surface area contributed by atoms with Crippen molar-refractivity contribution < 1.29 is 4.39 Å². The minimum absolute atomic E-state index is 0.197. The summed E-state index contributed by atoms with van der Waals surface area (Å²) in [5.41, 5.74) is 6.15. The van der Waals surface area contributed by atoms with Crippen LogP contribution in [0.3, 0.4) is 0 Å². The Labute approximate surface area is 166 Å². The zero-order chi connectivity index (χ0) is 19.5. The van der Waals surface area contributed by atoms with Gasteiger partial charge in [0.15, 0.2) is 0 Å². The third-order valence-corrected chi connectivity index (χ3v) is 5.60. The highest BCUT2D eigenvalue weighted by atomic mass is 19.1. The summed E-state index contributed by atoms with van der Waals surface area (Å²) in [5, 5.41) is 4.96. The minimum atomic E-state index is -0.197. The minimum Gasteiger partial charge on any atom is -0.302 e. The number of fused-ring (bicyclic) bond motifs is 1. The van der Waals surface area contributed by atoms with Crippen LogP contribution in [0.2, 0.25) is 0 Å². The first-order valence-electron chi connectivity index (χ1n) is 10.2. The van der Waals surface area contributed by atoms with Gasteiger partial charge in [-0.3, -0.25) is 4.68 Å². The molecule has 0 N–H and O–H groups in total. The second-order valence-electron chi connectivity index (χ2n) is 7.90. The molecule has 0 saturated carbocycles. The lowest BCUT2D eigenvalue weighted by atomic mass is 10.0. The first-order chi connectivity index (χ1) is 13.6. The molecule has 28 heavy (non-hydrogen) atoms. The lowest BCUT2D eigenvalue weighted by Crippen LogP contribution is -2.29. The first kappa shape index (κ1) is 18.9. The highest BCUT2D eigenvalue weighted by molar-refractivity contribution is 5.65. The third kappa shape index (κ3) is 4.02. The van der Waals surface area contributed by atoms with Crippen molar-refractivity contribution in [2.45, 2.75) is 39.2 Å². The van der Waals surface area contributed by atoms with E-state index in [9.17, 15) is 4.39 Å². The van der Waals surface area contributed by atoms with Gasteiger partial charge >= 0.3 is 0 Å². The van der Waals surface area contributed by atoms with Crippen molar-refractivity contribution >= 4 is 0 Å². The van der Waals surface area contributed by atoms with Crippen molar-refractivity contribution in [1.82, 2.24) is 14.7 Å². The average Bonchev–Trinajstić information content (AvgIpc) is 2.96. The van der Waals surface area contributed by atoms with E-state index in [1.165, 1.54) is 16.8 Å². The third-order valence-electron chi connectivity index (χ3n) is 5.60. The number of aromatic nitrogens is 2. The maximum Gasteiger partial charge on any atom is 0.123 e. The van der Waals surface area contributed by atoms with E-state index in [4.69, 9.17) is 5.10 Å². The van der Waals surface area contributed by atoms with Crippen LogP contribution in [0.25, 0.3) is 11.3 Å². The summed E-state index contributed by atoms with van der Waals surface area (Å²) in [6, 6.07) is 17.8. The zero-order valence-electron chi connectivity index (χ0n) is 16.7. The SMILES string of the molecule is CC(C)n1nc2c(c1-c1ccc(F)cc1)CCN(CCc1ccccc1)CC2. The zero-order valence-corrected chi connectivity index (χ0v) is 16.7. The summed E-state index contributed by atoms with van der Waals surface area (Å²) in [6.07, 6.45) is 3.04. The van der Waals surface area contributed by atoms with Crippen LogP contribution in [-0.2, 0) is 19.3 Å². The van der Waals surface area contributed by atoms with Gasteiger partial charge in [-0.05, 0) is 56.5 Å². The lowest BCUT2D eigenvalue weighted by molar-refractivity contribution is 0.289. The lowest BCUT2D eigenvalue weighted by Gasteiger charge is -2.20. The Hall–Kier alpha value is -2.46. The highest BCUT2D eigenvalue weighted by Crippen LogP contribution is 2.31. The molecule has 3 aromatic rings. The van der Waals surface area contributed by atoms with E-state index in [1.807, 2.05) is 12.1 Å². The van der Waals surface area contributed by atoms with Crippen molar-refractivity contribution in [2.24, 2.45) is 0 Å². The molecule has 0 bridgehead atoms. The summed E-state index contributed by atoms with van der Waals surface area (Å²) >= 11 is 0. The van der Waals surface area contributed by atoms with Gasteiger partial charge in [-0.25, -0.2) is 4.39 Å². The van der Waals surface area contributed by atoms with E-state index >= 15 is 0 Å². The van der Waals surface area contributed by atoms with Crippen LogP contribution in [0.4, 0.5) is 4.39 Å². The standard InChI is InChI=1S/C24H28FN3/c1-18(2)28-24(20-8-10-21(25)11-9-20)22-13-16-27(17-14-23(22)26-28)15-12-19-6-4-3-5-7-19/h3-11,18H,12-17H2,1-2H3. The summed E-state index contributed by atoms with van der Waals surface area (Å²) in [6.45, 7) is 7.47. The number of nitrogens with zero attached hydrogens (tertiary/aromatic N) is 3. The van der Waals surface area contributed by atoms with Crippen molar-refractivity contribution in [2.75, 3.05) is 19.6 Å². The largest absolute Gasteiger partial charge is 0.302 e. The van der Waals surface area contributed by atoms with E-state index in [0.29, 0.717) is 0 Å². The topological polar surface area (TPSA) is 21.1 Å². The molecule has 0 radical (unpaired) electrons.